The normalized spacial score (nSPS) is 11.4. The Balaban J connectivity index is 1.95. The lowest BCUT2D eigenvalue weighted by Gasteiger charge is -2.11. The van der Waals surface area contributed by atoms with Crippen LogP contribution in [0.5, 0.6) is 5.88 Å². The van der Waals surface area contributed by atoms with E-state index in [1.165, 1.54) is 24.4 Å². The van der Waals surface area contributed by atoms with Crippen molar-refractivity contribution in [3.8, 4) is 5.88 Å². The molecule has 0 aliphatic rings. The second-order valence-electron chi connectivity index (χ2n) is 5.57. The van der Waals surface area contributed by atoms with Crippen LogP contribution in [0.2, 0.25) is 5.02 Å². The number of hydrogen-bond donors (Lipinski definition) is 1. The molecule has 1 N–H and O–H groups in total. The molecule has 0 saturated carbocycles. The van der Waals surface area contributed by atoms with E-state index in [1.807, 2.05) is 13.8 Å². The van der Waals surface area contributed by atoms with Crippen LogP contribution < -0.4 is 10.1 Å². The minimum absolute atomic E-state index is 0.0159. The Morgan fingerprint density at radius 3 is 2.56 bits per heavy atom. The monoisotopic (exact) mass is 382 g/mol. The van der Waals surface area contributed by atoms with Gasteiger partial charge in [-0.2, -0.15) is 0 Å². The first-order valence-electron chi connectivity index (χ1n) is 7.68. The topological polar surface area (TPSA) is 85.4 Å². The highest BCUT2D eigenvalue weighted by molar-refractivity contribution is 7.91. The maximum absolute atomic E-state index is 12.2. The summed E-state index contributed by atoms with van der Waals surface area (Å²) >= 11 is 6.04. The molecule has 0 saturated heterocycles. The Bertz CT molecular complexity index is 839. The second-order valence-corrected chi connectivity index (χ2v) is 8.08. The number of nitrogens with zero attached hydrogens (tertiary/aromatic N) is 1. The molecule has 6 nitrogen and oxygen atoms in total. The molecule has 0 spiro atoms. The van der Waals surface area contributed by atoms with Crippen LogP contribution >= 0.6 is 11.6 Å². The first-order valence-corrected chi connectivity index (χ1v) is 9.71. The fourth-order valence-corrected chi connectivity index (χ4v) is 3.40. The summed E-state index contributed by atoms with van der Waals surface area (Å²) < 4.78 is 29.7. The SMILES string of the molecule is CC(C)Oc1ncc(C(=O)NCCS(=O)(=O)c2ccccc2)cc1Cl. The van der Waals surface area contributed by atoms with Crippen molar-refractivity contribution in [3.63, 3.8) is 0 Å². The minimum atomic E-state index is -3.44. The molecule has 134 valence electrons. The molecule has 2 aromatic rings. The molecule has 0 unspecified atom stereocenters. The summed E-state index contributed by atoms with van der Waals surface area (Å²) in [5.74, 6) is -0.396. The molecular formula is C17H19ClN2O4S. The zero-order chi connectivity index (χ0) is 18.4. The van der Waals surface area contributed by atoms with Crippen molar-refractivity contribution in [3.05, 3.63) is 53.2 Å². The third-order valence-electron chi connectivity index (χ3n) is 3.18. The van der Waals surface area contributed by atoms with Gasteiger partial charge < -0.3 is 10.1 Å². The minimum Gasteiger partial charge on any atom is -0.474 e. The predicted molar refractivity (Wildman–Crippen MR) is 95.8 cm³/mol. The van der Waals surface area contributed by atoms with E-state index in [0.717, 1.165) is 0 Å². The molecule has 0 radical (unpaired) electrons. The molecular weight excluding hydrogens is 364 g/mol. The number of amides is 1. The third-order valence-corrected chi connectivity index (χ3v) is 5.18. The predicted octanol–water partition coefficient (Wildman–Crippen LogP) is 2.73. The zero-order valence-corrected chi connectivity index (χ0v) is 15.5. The number of nitrogens with one attached hydrogen (secondary N) is 1. The lowest BCUT2D eigenvalue weighted by atomic mass is 10.2. The molecule has 2 rings (SSSR count). The molecule has 1 aromatic heterocycles. The van der Waals surface area contributed by atoms with E-state index in [-0.39, 0.29) is 39.8 Å². The van der Waals surface area contributed by atoms with Gasteiger partial charge >= 0.3 is 0 Å². The van der Waals surface area contributed by atoms with Gasteiger partial charge in [-0.25, -0.2) is 13.4 Å². The molecule has 0 atom stereocenters. The third kappa shape index (κ3) is 5.44. The average Bonchev–Trinajstić information content (AvgIpc) is 2.57. The Morgan fingerprint density at radius 2 is 1.96 bits per heavy atom. The van der Waals surface area contributed by atoms with Crippen molar-refractivity contribution < 1.29 is 17.9 Å². The summed E-state index contributed by atoms with van der Waals surface area (Å²) in [5, 5.41) is 2.78. The number of rotatable bonds is 7. The Labute approximate surface area is 152 Å². The summed E-state index contributed by atoms with van der Waals surface area (Å²) in [6.45, 7) is 3.66. The van der Waals surface area contributed by atoms with Crippen molar-refractivity contribution in [2.75, 3.05) is 12.3 Å². The largest absolute Gasteiger partial charge is 0.474 e. The average molecular weight is 383 g/mol. The van der Waals surface area contributed by atoms with Crippen molar-refractivity contribution in [2.45, 2.75) is 24.8 Å². The number of benzene rings is 1. The molecule has 0 aliphatic carbocycles. The molecule has 0 bridgehead atoms. The summed E-state index contributed by atoms with van der Waals surface area (Å²) in [4.78, 5) is 16.3. The maximum atomic E-state index is 12.2. The number of halogens is 1. The fraction of sp³-hybridized carbons (Fsp3) is 0.294. The smallest absolute Gasteiger partial charge is 0.252 e. The van der Waals surface area contributed by atoms with Crippen LogP contribution in [0.25, 0.3) is 0 Å². The Morgan fingerprint density at radius 1 is 1.28 bits per heavy atom. The summed E-state index contributed by atoms with van der Waals surface area (Å²) in [5.41, 5.74) is 0.234. The Kier molecular flexibility index (Phi) is 6.39. The van der Waals surface area contributed by atoms with E-state index in [0.29, 0.717) is 0 Å². The van der Waals surface area contributed by atoms with E-state index >= 15 is 0 Å². The van der Waals surface area contributed by atoms with Crippen LogP contribution in [0.15, 0.2) is 47.5 Å². The van der Waals surface area contributed by atoms with Crippen LogP contribution in [0, 0.1) is 0 Å². The van der Waals surface area contributed by atoms with Gasteiger partial charge in [0, 0.05) is 12.7 Å². The van der Waals surface area contributed by atoms with Crippen molar-refractivity contribution in [1.29, 1.82) is 0 Å². The van der Waals surface area contributed by atoms with Crippen molar-refractivity contribution in [2.24, 2.45) is 0 Å². The van der Waals surface area contributed by atoms with E-state index in [2.05, 4.69) is 10.3 Å². The molecule has 8 heteroatoms. The number of carbonyl (C=O) groups is 1. The molecule has 0 fully saturated rings. The van der Waals surface area contributed by atoms with Crippen LogP contribution in [-0.4, -0.2) is 37.7 Å². The van der Waals surface area contributed by atoms with Gasteiger partial charge in [0.2, 0.25) is 5.88 Å². The number of carbonyl (C=O) groups excluding carboxylic acids is 1. The lowest BCUT2D eigenvalue weighted by molar-refractivity contribution is 0.0955. The van der Waals surface area contributed by atoms with Gasteiger partial charge in [-0.05, 0) is 32.0 Å². The van der Waals surface area contributed by atoms with Gasteiger partial charge in [-0.3, -0.25) is 4.79 Å². The van der Waals surface area contributed by atoms with Crippen molar-refractivity contribution in [1.82, 2.24) is 10.3 Å². The Hall–Kier alpha value is -2.12. The maximum Gasteiger partial charge on any atom is 0.252 e. The number of hydrogen-bond acceptors (Lipinski definition) is 5. The van der Waals surface area contributed by atoms with Gasteiger partial charge in [-0.1, -0.05) is 29.8 Å². The number of aromatic nitrogens is 1. The highest BCUT2D eigenvalue weighted by Crippen LogP contribution is 2.23. The quantitative estimate of drug-likeness (QED) is 0.795. The summed E-state index contributed by atoms with van der Waals surface area (Å²) in [6, 6.07) is 9.53. The van der Waals surface area contributed by atoms with Gasteiger partial charge in [0.05, 0.1) is 22.3 Å². The van der Waals surface area contributed by atoms with Gasteiger partial charge in [0.15, 0.2) is 9.84 Å². The number of ether oxygens (including phenoxy) is 1. The van der Waals surface area contributed by atoms with Gasteiger partial charge in [0.25, 0.3) is 5.91 Å². The van der Waals surface area contributed by atoms with Crippen LogP contribution in [-0.2, 0) is 9.84 Å². The molecule has 25 heavy (non-hydrogen) atoms. The highest BCUT2D eigenvalue weighted by Gasteiger charge is 2.15. The van der Waals surface area contributed by atoms with E-state index in [9.17, 15) is 13.2 Å². The van der Waals surface area contributed by atoms with Crippen molar-refractivity contribution >= 4 is 27.3 Å². The fourth-order valence-electron chi connectivity index (χ4n) is 2.01. The summed E-state index contributed by atoms with van der Waals surface area (Å²) in [6.07, 6.45) is 1.25. The standard InChI is InChI=1S/C17H19ClN2O4S/c1-12(2)24-17-15(18)10-13(11-20-17)16(21)19-8-9-25(22,23)14-6-4-3-5-7-14/h3-7,10-12H,8-9H2,1-2H3,(H,19,21). The molecule has 1 heterocycles. The van der Waals surface area contributed by atoms with Gasteiger partial charge in [-0.15, -0.1) is 0 Å². The second kappa shape index (κ2) is 8.31. The highest BCUT2D eigenvalue weighted by atomic mass is 35.5. The molecule has 0 aliphatic heterocycles. The lowest BCUT2D eigenvalue weighted by Crippen LogP contribution is -2.29. The van der Waals surface area contributed by atoms with Crippen LogP contribution in [0.3, 0.4) is 0 Å². The zero-order valence-electron chi connectivity index (χ0n) is 13.9. The molecule has 1 amide bonds. The first-order chi connectivity index (χ1) is 11.8. The summed E-state index contributed by atoms with van der Waals surface area (Å²) in [7, 11) is -3.44. The van der Waals surface area contributed by atoms with E-state index < -0.39 is 15.7 Å². The van der Waals surface area contributed by atoms with E-state index in [1.54, 1.807) is 18.2 Å². The first kappa shape index (κ1) is 19.2. The van der Waals surface area contributed by atoms with Crippen LogP contribution in [0.4, 0.5) is 0 Å². The number of pyridine rings is 1. The van der Waals surface area contributed by atoms with Gasteiger partial charge in [0.1, 0.15) is 5.02 Å². The number of sulfone groups is 1. The van der Waals surface area contributed by atoms with E-state index in [4.69, 9.17) is 16.3 Å². The van der Waals surface area contributed by atoms with Crippen LogP contribution in [0.1, 0.15) is 24.2 Å². The molecule has 1 aromatic carbocycles.